The van der Waals surface area contributed by atoms with Crippen LogP contribution in [0.4, 0.5) is 8.78 Å². The average Bonchev–Trinajstić information content (AvgIpc) is 2.93. The summed E-state index contributed by atoms with van der Waals surface area (Å²) in [6, 6.07) is 2.84. The van der Waals surface area contributed by atoms with Gasteiger partial charge in [-0.05, 0) is 51.5 Å². The first kappa shape index (κ1) is 23.2. The van der Waals surface area contributed by atoms with Crippen molar-refractivity contribution in [2.24, 2.45) is 12.5 Å². The highest BCUT2D eigenvalue weighted by atomic mass is 19.1. The number of hydrogen-bond acceptors (Lipinski definition) is 4. The second-order valence-corrected chi connectivity index (χ2v) is 8.76. The third-order valence-corrected chi connectivity index (χ3v) is 4.98. The molecule has 0 spiro atoms. The van der Waals surface area contributed by atoms with Gasteiger partial charge in [-0.15, -0.1) is 0 Å². The Kier molecular flexibility index (Phi) is 6.78. The molecule has 1 N–H and O–H groups in total. The minimum atomic E-state index is -0.859. The Balaban J connectivity index is 2.04. The third-order valence-electron chi connectivity index (χ3n) is 4.98. The zero-order chi connectivity index (χ0) is 23.5. The molecule has 168 valence electrons. The normalized spacial score (nSPS) is 16.4. The largest absolute Gasteiger partial charge is 0.380 e. The summed E-state index contributed by atoms with van der Waals surface area (Å²) in [5, 5.41) is 19.0. The van der Waals surface area contributed by atoms with Crippen LogP contribution in [0, 0.1) is 39.0 Å². The lowest BCUT2D eigenvalue weighted by molar-refractivity contribution is -0.509. The van der Waals surface area contributed by atoms with E-state index in [2.05, 4.69) is 22.3 Å². The number of aryl methyl sites for hydroxylation is 1. The van der Waals surface area contributed by atoms with Crippen molar-refractivity contribution in [3.05, 3.63) is 80.8 Å². The van der Waals surface area contributed by atoms with Crippen LogP contribution in [0.15, 0.2) is 42.2 Å². The number of aromatic nitrogens is 2. The van der Waals surface area contributed by atoms with Crippen molar-refractivity contribution in [3.8, 4) is 11.8 Å². The Hall–Kier alpha value is -3.47. The quantitative estimate of drug-likeness (QED) is 0.419. The SMILES string of the molecule is Cn1cc(C#CC(C)(C)C)c(C2=C(NCc3c(F)cccc3F)C=CC([N+](=O)[O-])CC2)n1. The van der Waals surface area contributed by atoms with Crippen molar-refractivity contribution in [3.63, 3.8) is 0 Å². The fraction of sp³-hybridized carbons (Fsp3) is 0.375. The molecule has 3 rings (SSSR count). The molecule has 0 bridgehead atoms. The Labute approximate surface area is 186 Å². The summed E-state index contributed by atoms with van der Waals surface area (Å²) < 4.78 is 29.9. The number of halogens is 2. The highest BCUT2D eigenvalue weighted by Gasteiger charge is 2.25. The minimum absolute atomic E-state index is 0.100. The highest BCUT2D eigenvalue weighted by Crippen LogP contribution is 2.29. The Morgan fingerprint density at radius 1 is 1.31 bits per heavy atom. The van der Waals surface area contributed by atoms with Gasteiger partial charge in [-0.1, -0.05) is 17.9 Å². The maximum atomic E-state index is 14.1. The standard InChI is InChI=1S/C24H26F2N4O2/c1-24(2,3)13-12-16-15-29(4)28-23(16)18-10-8-17(30(31)32)9-11-22(18)27-14-19-20(25)6-5-7-21(19)26/h5-7,9,11,15,17,27H,8,10,14H2,1-4H3. The van der Waals surface area contributed by atoms with Gasteiger partial charge in [0, 0.05) is 53.4 Å². The third kappa shape index (κ3) is 5.61. The molecule has 1 aromatic heterocycles. The first-order valence-electron chi connectivity index (χ1n) is 10.3. The molecule has 1 heterocycles. The monoisotopic (exact) mass is 440 g/mol. The van der Waals surface area contributed by atoms with Gasteiger partial charge in [0.1, 0.15) is 17.3 Å². The number of allylic oxidation sites excluding steroid dienone is 2. The van der Waals surface area contributed by atoms with Crippen LogP contribution in [0.2, 0.25) is 0 Å². The van der Waals surface area contributed by atoms with Crippen LogP contribution in [0.3, 0.4) is 0 Å². The lowest BCUT2D eigenvalue weighted by Crippen LogP contribution is -2.16. The molecule has 1 aromatic carbocycles. The Morgan fingerprint density at radius 3 is 2.62 bits per heavy atom. The molecule has 0 fully saturated rings. The van der Waals surface area contributed by atoms with E-state index in [0.29, 0.717) is 23.4 Å². The van der Waals surface area contributed by atoms with E-state index in [1.54, 1.807) is 24.0 Å². The Morgan fingerprint density at radius 2 is 2.00 bits per heavy atom. The van der Waals surface area contributed by atoms with Crippen LogP contribution in [-0.4, -0.2) is 20.7 Å². The minimum Gasteiger partial charge on any atom is -0.380 e. The molecule has 6 nitrogen and oxygen atoms in total. The maximum absolute atomic E-state index is 14.1. The van der Waals surface area contributed by atoms with Gasteiger partial charge in [-0.25, -0.2) is 8.78 Å². The molecule has 0 saturated heterocycles. The number of nitrogens with one attached hydrogen (secondary N) is 1. The topological polar surface area (TPSA) is 73.0 Å². The van der Waals surface area contributed by atoms with E-state index >= 15 is 0 Å². The van der Waals surface area contributed by atoms with Crippen LogP contribution >= 0.6 is 0 Å². The van der Waals surface area contributed by atoms with Crippen LogP contribution in [0.5, 0.6) is 0 Å². The second kappa shape index (κ2) is 9.35. The molecule has 0 aliphatic heterocycles. The van der Waals surface area contributed by atoms with E-state index in [4.69, 9.17) is 0 Å². The summed E-state index contributed by atoms with van der Waals surface area (Å²) in [6.07, 6.45) is 5.54. The van der Waals surface area contributed by atoms with Crippen molar-refractivity contribution in [1.29, 1.82) is 0 Å². The van der Waals surface area contributed by atoms with E-state index in [9.17, 15) is 18.9 Å². The fourth-order valence-corrected chi connectivity index (χ4v) is 3.36. The summed E-state index contributed by atoms with van der Waals surface area (Å²) >= 11 is 0. The van der Waals surface area contributed by atoms with E-state index in [-0.39, 0.29) is 28.9 Å². The summed E-state index contributed by atoms with van der Waals surface area (Å²) in [4.78, 5) is 11.0. The number of hydrogen-bond donors (Lipinski definition) is 1. The van der Waals surface area contributed by atoms with Crippen LogP contribution < -0.4 is 5.32 Å². The summed E-state index contributed by atoms with van der Waals surface area (Å²) in [6.45, 7) is 5.89. The van der Waals surface area contributed by atoms with Gasteiger partial charge in [-0.3, -0.25) is 14.8 Å². The number of nitrogens with zero attached hydrogens (tertiary/aromatic N) is 3. The van der Waals surface area contributed by atoms with Crippen LogP contribution in [0.1, 0.15) is 50.4 Å². The Bertz CT molecular complexity index is 1130. The van der Waals surface area contributed by atoms with Gasteiger partial charge in [0.15, 0.2) is 0 Å². The van der Waals surface area contributed by atoms with Crippen molar-refractivity contribution in [2.45, 2.75) is 46.2 Å². The molecular formula is C24H26F2N4O2. The van der Waals surface area contributed by atoms with Gasteiger partial charge in [0.25, 0.3) is 0 Å². The molecule has 8 heteroatoms. The van der Waals surface area contributed by atoms with Crippen molar-refractivity contribution < 1.29 is 13.7 Å². The average molecular weight is 440 g/mol. The van der Waals surface area contributed by atoms with Crippen molar-refractivity contribution in [1.82, 2.24) is 15.1 Å². The van der Waals surface area contributed by atoms with Crippen molar-refractivity contribution >= 4 is 5.57 Å². The van der Waals surface area contributed by atoms with Crippen LogP contribution in [0.25, 0.3) is 5.57 Å². The molecule has 0 amide bonds. The zero-order valence-corrected chi connectivity index (χ0v) is 18.6. The molecular weight excluding hydrogens is 414 g/mol. The van der Waals surface area contributed by atoms with E-state index in [1.165, 1.54) is 24.3 Å². The lowest BCUT2D eigenvalue weighted by atomic mass is 9.96. The second-order valence-electron chi connectivity index (χ2n) is 8.76. The van der Waals surface area contributed by atoms with Gasteiger partial charge in [0.05, 0.1) is 5.56 Å². The van der Waals surface area contributed by atoms with Gasteiger partial charge in [-0.2, -0.15) is 5.10 Å². The molecule has 1 unspecified atom stereocenters. The fourth-order valence-electron chi connectivity index (χ4n) is 3.36. The first-order valence-corrected chi connectivity index (χ1v) is 10.3. The summed E-state index contributed by atoms with van der Waals surface area (Å²) in [5.41, 5.74) is 2.24. The number of benzene rings is 1. The van der Waals surface area contributed by atoms with E-state index < -0.39 is 17.7 Å². The number of nitro groups is 1. The molecule has 2 aromatic rings. The van der Waals surface area contributed by atoms with E-state index in [1.807, 2.05) is 20.8 Å². The van der Waals surface area contributed by atoms with Crippen LogP contribution in [-0.2, 0) is 13.6 Å². The molecule has 0 radical (unpaired) electrons. The van der Waals surface area contributed by atoms with Gasteiger partial charge < -0.3 is 5.32 Å². The smallest absolute Gasteiger partial charge is 0.231 e. The molecule has 32 heavy (non-hydrogen) atoms. The lowest BCUT2D eigenvalue weighted by Gasteiger charge is -2.14. The number of rotatable bonds is 5. The van der Waals surface area contributed by atoms with Crippen molar-refractivity contribution in [2.75, 3.05) is 0 Å². The van der Waals surface area contributed by atoms with Gasteiger partial charge >= 0.3 is 0 Å². The summed E-state index contributed by atoms with van der Waals surface area (Å²) in [7, 11) is 1.78. The molecule has 1 aliphatic rings. The highest BCUT2D eigenvalue weighted by molar-refractivity contribution is 5.72. The first-order chi connectivity index (χ1) is 15.0. The maximum Gasteiger partial charge on any atom is 0.231 e. The molecule has 0 saturated carbocycles. The predicted molar refractivity (Wildman–Crippen MR) is 119 cm³/mol. The summed E-state index contributed by atoms with van der Waals surface area (Å²) in [5.74, 6) is 5.04. The molecule has 1 aliphatic carbocycles. The molecule has 1 atom stereocenters. The van der Waals surface area contributed by atoms with E-state index in [0.717, 1.165) is 5.57 Å². The van der Waals surface area contributed by atoms with Gasteiger partial charge in [0.2, 0.25) is 6.04 Å². The zero-order valence-electron chi connectivity index (χ0n) is 18.6. The predicted octanol–water partition coefficient (Wildman–Crippen LogP) is 4.59.